The Labute approximate surface area is 322 Å². The average molecular weight is 750 g/mol. The molecule has 0 radical (unpaired) electrons. The lowest BCUT2D eigenvalue weighted by atomic mass is 9.72. The predicted octanol–water partition coefficient (Wildman–Crippen LogP) is 14.0. The summed E-state index contributed by atoms with van der Waals surface area (Å²) in [6.45, 7) is 1.84. The standard InChI is InChI=1S/C52H22F3NO2/c1-2-58-51(57)17-5-3-16(4-6-17)50-37-26(15-56(50)52(53,54)55)27-24-13-11-22-20-9-7-18-19-8-10-21-23-12-14-25-35-33(23)41-31(21)29(19)39-28(18)30(20)40-32(22)34(24)42-38(27)44(36(25)37)43(35)49-47(41)45(39)46(40)48(42)49/h3-14,26,37,50H,2,15H2,1H3. The fourth-order valence-corrected chi connectivity index (χ4v) is 15.0. The van der Waals surface area contributed by atoms with Gasteiger partial charge in [-0.05, 0) is 187 Å². The minimum absolute atomic E-state index is 0.137. The van der Waals surface area contributed by atoms with E-state index in [1.807, 2.05) is 0 Å². The zero-order valence-electron chi connectivity index (χ0n) is 30.5. The predicted molar refractivity (Wildman–Crippen MR) is 229 cm³/mol. The Balaban J connectivity index is 1.13. The van der Waals surface area contributed by atoms with Crippen LogP contribution in [0.1, 0.15) is 51.8 Å². The Morgan fingerprint density at radius 2 is 0.879 bits per heavy atom. The van der Waals surface area contributed by atoms with Gasteiger partial charge in [-0.2, -0.15) is 13.2 Å². The van der Waals surface area contributed by atoms with Gasteiger partial charge in [-0.15, -0.1) is 0 Å². The molecule has 58 heavy (non-hydrogen) atoms. The molecule has 16 aromatic rings. The number of ether oxygens (including phenoxy) is 1. The minimum atomic E-state index is -4.58. The Morgan fingerprint density at radius 1 is 0.517 bits per heavy atom. The van der Waals surface area contributed by atoms with Crippen LogP contribution in [0.15, 0.2) is 72.8 Å². The first-order valence-corrected chi connectivity index (χ1v) is 20.4. The molecule has 0 N–H and O–H groups in total. The zero-order chi connectivity index (χ0) is 37.5. The van der Waals surface area contributed by atoms with E-state index in [2.05, 4.69) is 48.5 Å². The smallest absolute Gasteiger partial charge is 0.460 e. The van der Waals surface area contributed by atoms with Crippen LogP contribution in [0, 0.1) is 0 Å². The first-order valence-electron chi connectivity index (χ1n) is 20.4. The number of benzene rings is 10. The van der Waals surface area contributed by atoms with Crippen LogP contribution in [-0.4, -0.2) is 30.3 Å². The molecule has 18 rings (SSSR count). The van der Waals surface area contributed by atoms with E-state index in [0.29, 0.717) is 11.1 Å². The molecule has 3 atom stereocenters. The van der Waals surface area contributed by atoms with Gasteiger partial charge in [0.05, 0.1) is 18.2 Å². The van der Waals surface area contributed by atoms with Crippen molar-refractivity contribution in [1.82, 2.24) is 4.90 Å². The Morgan fingerprint density at radius 3 is 1.31 bits per heavy atom. The molecule has 268 valence electrons. The molecule has 0 amide bonds. The number of carbonyl (C=O) groups is 1. The fourth-order valence-electron chi connectivity index (χ4n) is 15.0. The first-order chi connectivity index (χ1) is 28.4. The molecule has 3 nitrogen and oxygen atoms in total. The van der Waals surface area contributed by atoms with Crippen molar-refractivity contribution >= 4 is 157 Å². The van der Waals surface area contributed by atoms with Crippen LogP contribution >= 0.6 is 0 Å². The van der Waals surface area contributed by atoms with E-state index >= 15 is 13.2 Å². The van der Waals surface area contributed by atoms with Crippen LogP contribution < -0.4 is 0 Å². The highest BCUT2D eigenvalue weighted by Crippen LogP contribution is 2.72. The van der Waals surface area contributed by atoms with Gasteiger partial charge in [-0.1, -0.05) is 60.7 Å². The van der Waals surface area contributed by atoms with Gasteiger partial charge in [0.1, 0.15) is 0 Å². The van der Waals surface area contributed by atoms with E-state index in [-0.39, 0.29) is 13.2 Å². The molecule has 1 fully saturated rings. The van der Waals surface area contributed by atoms with Crippen LogP contribution in [0.3, 0.4) is 0 Å². The third-order valence-electron chi connectivity index (χ3n) is 16.4. The lowest BCUT2D eigenvalue weighted by molar-refractivity contribution is -0.252. The summed E-state index contributed by atoms with van der Waals surface area (Å²) < 4.78 is 52.6. The molecule has 0 saturated carbocycles. The summed E-state index contributed by atoms with van der Waals surface area (Å²) >= 11 is 0. The van der Waals surface area contributed by atoms with Gasteiger partial charge in [-0.3, -0.25) is 0 Å². The minimum Gasteiger partial charge on any atom is -0.462 e. The summed E-state index contributed by atoms with van der Waals surface area (Å²) in [4.78, 5) is 13.5. The van der Waals surface area contributed by atoms with Crippen molar-refractivity contribution in [1.29, 1.82) is 0 Å². The van der Waals surface area contributed by atoms with E-state index < -0.39 is 30.1 Å². The van der Waals surface area contributed by atoms with E-state index in [9.17, 15) is 4.79 Å². The Bertz CT molecular complexity index is 4430. The Hall–Kier alpha value is -6.50. The number of hydrogen-bond acceptors (Lipinski definition) is 3. The van der Waals surface area contributed by atoms with Crippen LogP contribution in [0.2, 0.25) is 0 Å². The van der Waals surface area contributed by atoms with Crippen molar-refractivity contribution in [3.63, 3.8) is 0 Å². The molecule has 0 spiro atoms. The van der Waals surface area contributed by atoms with Crippen LogP contribution in [-0.2, 0) is 4.74 Å². The van der Waals surface area contributed by atoms with Gasteiger partial charge in [0.15, 0.2) is 0 Å². The number of nitrogens with zero attached hydrogens (tertiary/aromatic N) is 1. The summed E-state index contributed by atoms with van der Waals surface area (Å²) in [6.07, 6.45) is -4.58. The zero-order valence-corrected chi connectivity index (χ0v) is 30.5. The second-order valence-electron chi connectivity index (χ2n) is 18.0. The van der Waals surface area contributed by atoms with Gasteiger partial charge in [0.25, 0.3) is 0 Å². The SMILES string of the molecule is CCOC(=O)c1ccc(C2C3c4c5ccc6c7ccc8c9ccc%10c%11ccc%12c(c%13c4c4c5c6c5c7c8c6c9c%10c7c%11c%12c%13c8c4c5c6c78)C3CN2C(F)(F)F)cc1. The van der Waals surface area contributed by atoms with Crippen molar-refractivity contribution in [3.8, 4) is 0 Å². The topological polar surface area (TPSA) is 29.5 Å². The summed E-state index contributed by atoms with van der Waals surface area (Å²) in [7, 11) is 0. The summed E-state index contributed by atoms with van der Waals surface area (Å²) in [5.41, 5.74) is 3.08. The molecule has 1 saturated heterocycles. The molecule has 1 aliphatic carbocycles. The highest BCUT2D eigenvalue weighted by Gasteiger charge is 2.57. The molecule has 16 aromatic carbocycles. The van der Waals surface area contributed by atoms with Gasteiger partial charge in [0, 0.05) is 18.4 Å². The van der Waals surface area contributed by atoms with Crippen molar-refractivity contribution < 1.29 is 22.7 Å². The number of alkyl halides is 3. The van der Waals surface area contributed by atoms with Gasteiger partial charge in [-0.25, -0.2) is 9.69 Å². The maximum Gasteiger partial charge on any atom is 0.460 e. The highest BCUT2D eigenvalue weighted by atomic mass is 19.4. The van der Waals surface area contributed by atoms with Gasteiger partial charge in [0.2, 0.25) is 0 Å². The lowest BCUT2D eigenvalue weighted by Crippen LogP contribution is -2.38. The summed E-state index contributed by atoms with van der Waals surface area (Å²) in [5.74, 6) is -1.35. The molecular formula is C52H22F3NO2. The van der Waals surface area contributed by atoms with E-state index in [1.54, 1.807) is 31.2 Å². The normalized spacial score (nSPS) is 20.2. The first kappa shape index (κ1) is 28.0. The molecule has 2 aliphatic rings. The van der Waals surface area contributed by atoms with Gasteiger partial charge < -0.3 is 4.74 Å². The van der Waals surface area contributed by atoms with Crippen LogP contribution in [0.5, 0.6) is 0 Å². The third-order valence-corrected chi connectivity index (χ3v) is 16.4. The number of fused-ring (bicyclic) bond motifs is 8. The second-order valence-corrected chi connectivity index (χ2v) is 18.0. The van der Waals surface area contributed by atoms with Crippen molar-refractivity contribution in [3.05, 3.63) is 95.1 Å². The summed E-state index contributed by atoms with van der Waals surface area (Å²) in [5, 5.41) is 36.3. The molecule has 1 aliphatic heterocycles. The molecule has 3 unspecified atom stereocenters. The van der Waals surface area contributed by atoms with Gasteiger partial charge >= 0.3 is 12.3 Å². The molecule has 6 heteroatoms. The molecular weight excluding hydrogens is 728 g/mol. The number of halogens is 3. The quantitative estimate of drug-likeness (QED) is 0.102. The monoisotopic (exact) mass is 749 g/mol. The maximum absolute atomic E-state index is 15.8. The van der Waals surface area contributed by atoms with Crippen molar-refractivity contribution in [2.24, 2.45) is 0 Å². The third kappa shape index (κ3) is 2.31. The lowest BCUT2D eigenvalue weighted by Gasteiger charge is -2.32. The summed E-state index contributed by atoms with van der Waals surface area (Å²) in [6, 6.07) is 24.3. The molecule has 1 heterocycles. The van der Waals surface area contributed by atoms with Crippen LogP contribution in [0.4, 0.5) is 13.2 Å². The number of hydrogen-bond donors (Lipinski definition) is 0. The molecule has 0 aromatic heterocycles. The fraction of sp³-hybridized carbons (Fsp3) is 0.135. The number of likely N-dealkylation sites (tertiary alicyclic amines) is 1. The average Bonchev–Trinajstić information content (AvgIpc) is 4.08. The maximum atomic E-state index is 15.8. The highest BCUT2D eigenvalue weighted by molar-refractivity contribution is 6.69. The number of esters is 1. The largest absolute Gasteiger partial charge is 0.462 e. The van der Waals surface area contributed by atoms with Crippen molar-refractivity contribution in [2.75, 3.05) is 13.2 Å². The number of carbonyl (C=O) groups excluding carboxylic acids is 1. The van der Waals surface area contributed by atoms with E-state index in [0.717, 1.165) is 26.8 Å². The number of rotatable bonds is 3. The molecule has 0 bridgehead atoms. The van der Waals surface area contributed by atoms with E-state index in [1.165, 1.54) is 140 Å². The van der Waals surface area contributed by atoms with Crippen molar-refractivity contribution in [2.45, 2.75) is 31.1 Å². The second kappa shape index (κ2) is 7.86. The Kier molecular flexibility index (Phi) is 3.79. The van der Waals surface area contributed by atoms with E-state index in [4.69, 9.17) is 4.74 Å². The van der Waals surface area contributed by atoms with Crippen LogP contribution in [0.25, 0.3) is 151 Å².